The van der Waals surface area contributed by atoms with Gasteiger partial charge in [-0.05, 0) is 24.6 Å². The lowest BCUT2D eigenvalue weighted by molar-refractivity contribution is -0.137. The zero-order valence-electron chi connectivity index (χ0n) is 13.4. The fraction of sp³-hybridized carbons (Fsp3) is 0.158. The molecule has 0 unspecified atom stereocenters. The Hall–Kier alpha value is -3.08. The summed E-state index contributed by atoms with van der Waals surface area (Å²) in [6, 6.07) is 16.9. The van der Waals surface area contributed by atoms with Crippen molar-refractivity contribution in [2.45, 2.75) is 13.5 Å². The molecule has 2 aromatic rings. The van der Waals surface area contributed by atoms with Gasteiger partial charge in [-0.3, -0.25) is 4.79 Å². The normalized spacial score (nSPS) is 10.4. The molecule has 2 aromatic carbocycles. The van der Waals surface area contributed by atoms with Crippen LogP contribution >= 0.6 is 0 Å². The summed E-state index contributed by atoms with van der Waals surface area (Å²) in [7, 11) is 0. The lowest BCUT2D eigenvalue weighted by atomic mass is 10.2. The smallest absolute Gasteiger partial charge is 0.330 e. The maximum absolute atomic E-state index is 11.8. The summed E-state index contributed by atoms with van der Waals surface area (Å²) >= 11 is 0. The van der Waals surface area contributed by atoms with E-state index < -0.39 is 11.9 Å². The van der Waals surface area contributed by atoms with Crippen LogP contribution in [-0.2, 0) is 20.9 Å². The second kappa shape index (κ2) is 9.15. The second-order valence-corrected chi connectivity index (χ2v) is 4.88. The minimum atomic E-state index is -0.549. The first kappa shape index (κ1) is 17.3. The quantitative estimate of drug-likeness (QED) is 0.626. The van der Waals surface area contributed by atoms with Gasteiger partial charge < -0.3 is 14.8 Å². The van der Waals surface area contributed by atoms with E-state index in [1.807, 2.05) is 36.4 Å². The average Bonchev–Trinajstić information content (AvgIpc) is 2.60. The molecule has 0 atom stereocenters. The zero-order valence-corrected chi connectivity index (χ0v) is 13.4. The van der Waals surface area contributed by atoms with E-state index in [4.69, 9.17) is 9.47 Å². The van der Waals surface area contributed by atoms with Crippen molar-refractivity contribution < 1.29 is 19.1 Å². The number of amides is 1. The Morgan fingerprint density at radius 1 is 1.04 bits per heavy atom. The number of esters is 1. The van der Waals surface area contributed by atoms with Crippen LogP contribution in [0, 0.1) is 0 Å². The first-order valence-corrected chi connectivity index (χ1v) is 7.60. The Labute approximate surface area is 140 Å². The highest BCUT2D eigenvalue weighted by atomic mass is 16.5. The van der Waals surface area contributed by atoms with Gasteiger partial charge >= 0.3 is 5.97 Å². The van der Waals surface area contributed by atoms with E-state index in [1.165, 1.54) is 0 Å². The summed E-state index contributed by atoms with van der Waals surface area (Å²) in [5, 5.41) is 2.66. The van der Waals surface area contributed by atoms with Gasteiger partial charge in [0.15, 0.2) is 0 Å². The van der Waals surface area contributed by atoms with Crippen LogP contribution in [0.15, 0.2) is 66.7 Å². The van der Waals surface area contributed by atoms with Crippen molar-refractivity contribution in [3.8, 4) is 5.75 Å². The number of hydrogen-bond acceptors (Lipinski definition) is 4. The molecule has 0 aromatic heterocycles. The predicted octanol–water partition coefficient (Wildman–Crippen LogP) is 3.32. The summed E-state index contributed by atoms with van der Waals surface area (Å²) in [6.07, 6.45) is 2.23. The fourth-order valence-electron chi connectivity index (χ4n) is 1.92. The Balaban J connectivity index is 1.90. The predicted molar refractivity (Wildman–Crippen MR) is 91.6 cm³/mol. The van der Waals surface area contributed by atoms with Crippen molar-refractivity contribution in [2.75, 3.05) is 11.9 Å². The standard InChI is InChI=1S/C19H19NO4/c1-2-23-19(22)12-11-18(21)20-16-9-6-10-17(13-16)24-14-15-7-4-3-5-8-15/h3-13H,2,14H2,1H3,(H,20,21)/b12-11+. The van der Waals surface area contributed by atoms with Gasteiger partial charge in [0.05, 0.1) is 6.61 Å². The Morgan fingerprint density at radius 3 is 2.58 bits per heavy atom. The number of rotatable bonds is 7. The molecule has 24 heavy (non-hydrogen) atoms. The molecule has 0 saturated heterocycles. The first-order chi connectivity index (χ1) is 11.7. The van der Waals surface area contributed by atoms with E-state index in [1.54, 1.807) is 25.1 Å². The van der Waals surface area contributed by atoms with Crippen molar-refractivity contribution in [3.05, 3.63) is 72.3 Å². The number of hydrogen-bond donors (Lipinski definition) is 1. The van der Waals surface area contributed by atoms with Crippen LogP contribution in [0.1, 0.15) is 12.5 Å². The van der Waals surface area contributed by atoms with E-state index in [0.717, 1.165) is 17.7 Å². The average molecular weight is 325 g/mol. The Kier molecular flexibility index (Phi) is 6.58. The minimum absolute atomic E-state index is 0.269. The van der Waals surface area contributed by atoms with Gasteiger partial charge in [-0.15, -0.1) is 0 Å². The molecule has 0 aliphatic rings. The highest BCUT2D eigenvalue weighted by molar-refractivity contribution is 6.02. The molecule has 1 amide bonds. The lowest BCUT2D eigenvalue weighted by Gasteiger charge is -2.08. The van der Waals surface area contributed by atoms with Gasteiger partial charge in [0, 0.05) is 23.9 Å². The van der Waals surface area contributed by atoms with Crippen LogP contribution in [0.2, 0.25) is 0 Å². The molecule has 0 spiro atoms. The zero-order chi connectivity index (χ0) is 17.2. The van der Waals surface area contributed by atoms with Crippen LogP contribution in [0.4, 0.5) is 5.69 Å². The second-order valence-electron chi connectivity index (χ2n) is 4.88. The molecular weight excluding hydrogens is 306 g/mol. The first-order valence-electron chi connectivity index (χ1n) is 7.60. The third-order valence-corrected chi connectivity index (χ3v) is 3.01. The van der Waals surface area contributed by atoms with Crippen molar-refractivity contribution in [2.24, 2.45) is 0 Å². The third-order valence-electron chi connectivity index (χ3n) is 3.01. The van der Waals surface area contributed by atoms with Crippen LogP contribution in [0.25, 0.3) is 0 Å². The summed E-state index contributed by atoms with van der Waals surface area (Å²) in [5.74, 6) is -0.318. The molecule has 5 nitrogen and oxygen atoms in total. The Morgan fingerprint density at radius 2 is 1.83 bits per heavy atom. The van der Waals surface area contributed by atoms with Crippen LogP contribution in [-0.4, -0.2) is 18.5 Å². The number of benzene rings is 2. The lowest BCUT2D eigenvalue weighted by Crippen LogP contribution is -2.09. The number of carbonyl (C=O) groups is 2. The van der Waals surface area contributed by atoms with E-state index in [9.17, 15) is 9.59 Å². The molecule has 124 valence electrons. The van der Waals surface area contributed by atoms with E-state index >= 15 is 0 Å². The summed E-state index contributed by atoms with van der Waals surface area (Å²) < 4.78 is 10.4. The van der Waals surface area contributed by atoms with Gasteiger partial charge in [0.1, 0.15) is 12.4 Å². The van der Waals surface area contributed by atoms with Gasteiger partial charge in [-0.25, -0.2) is 4.79 Å². The summed E-state index contributed by atoms with van der Waals surface area (Å²) in [5.41, 5.74) is 1.64. The Bertz CT molecular complexity index is 710. The van der Waals surface area contributed by atoms with Gasteiger partial charge in [0.25, 0.3) is 0 Å². The fourth-order valence-corrected chi connectivity index (χ4v) is 1.92. The van der Waals surface area contributed by atoms with E-state index in [2.05, 4.69) is 5.32 Å². The molecule has 0 aliphatic carbocycles. The van der Waals surface area contributed by atoms with E-state index in [0.29, 0.717) is 18.0 Å². The SMILES string of the molecule is CCOC(=O)/C=C/C(=O)Nc1cccc(OCc2ccccc2)c1. The summed E-state index contributed by atoms with van der Waals surface area (Å²) in [4.78, 5) is 22.9. The molecular formula is C19H19NO4. The van der Waals surface area contributed by atoms with E-state index in [-0.39, 0.29) is 6.61 Å². The summed E-state index contributed by atoms with van der Waals surface area (Å²) in [6.45, 7) is 2.42. The molecule has 0 bridgehead atoms. The van der Waals surface area contributed by atoms with Crippen LogP contribution in [0.5, 0.6) is 5.75 Å². The van der Waals surface area contributed by atoms with Crippen molar-refractivity contribution in [1.29, 1.82) is 0 Å². The maximum Gasteiger partial charge on any atom is 0.330 e. The molecule has 5 heteroatoms. The molecule has 0 fully saturated rings. The topological polar surface area (TPSA) is 64.6 Å². The molecule has 2 rings (SSSR count). The van der Waals surface area contributed by atoms with Gasteiger partial charge in [0.2, 0.25) is 5.91 Å². The largest absolute Gasteiger partial charge is 0.489 e. The van der Waals surface area contributed by atoms with Crippen molar-refractivity contribution >= 4 is 17.6 Å². The molecule has 0 aliphatic heterocycles. The number of carbonyl (C=O) groups excluding carboxylic acids is 2. The molecule has 0 radical (unpaired) electrons. The van der Waals surface area contributed by atoms with Crippen molar-refractivity contribution in [1.82, 2.24) is 0 Å². The molecule has 0 heterocycles. The van der Waals surface area contributed by atoms with Gasteiger partial charge in [-0.1, -0.05) is 36.4 Å². The molecule has 0 saturated carbocycles. The van der Waals surface area contributed by atoms with Crippen molar-refractivity contribution in [3.63, 3.8) is 0 Å². The number of anilines is 1. The highest BCUT2D eigenvalue weighted by Gasteiger charge is 2.02. The third kappa shape index (κ3) is 5.96. The highest BCUT2D eigenvalue weighted by Crippen LogP contribution is 2.18. The van der Waals surface area contributed by atoms with Crippen LogP contribution in [0.3, 0.4) is 0 Å². The number of nitrogens with one attached hydrogen (secondary N) is 1. The maximum atomic E-state index is 11.8. The van der Waals surface area contributed by atoms with Crippen LogP contribution < -0.4 is 10.1 Å². The minimum Gasteiger partial charge on any atom is -0.489 e. The molecule has 1 N–H and O–H groups in total. The monoisotopic (exact) mass is 325 g/mol. The van der Waals surface area contributed by atoms with Gasteiger partial charge in [-0.2, -0.15) is 0 Å². The number of ether oxygens (including phenoxy) is 2.